The smallest absolute Gasteiger partial charge is 0.408 e. The third-order valence-electron chi connectivity index (χ3n) is 3.80. The molecule has 0 bridgehead atoms. The van der Waals surface area contributed by atoms with Gasteiger partial charge in [-0.25, -0.2) is 9.59 Å². The van der Waals surface area contributed by atoms with Gasteiger partial charge in [0.1, 0.15) is 17.7 Å². The zero-order valence-electron chi connectivity index (χ0n) is 17.6. The van der Waals surface area contributed by atoms with E-state index < -0.39 is 35.7 Å². The highest BCUT2D eigenvalue weighted by Crippen LogP contribution is 2.11. The van der Waals surface area contributed by atoms with Crippen molar-refractivity contribution in [1.29, 1.82) is 0 Å². The average molecular weight is 392 g/mol. The molecule has 156 valence electrons. The van der Waals surface area contributed by atoms with Crippen molar-refractivity contribution < 1.29 is 23.9 Å². The molecular weight excluding hydrogens is 360 g/mol. The fourth-order valence-electron chi connectivity index (χ4n) is 2.61. The highest BCUT2D eigenvalue weighted by molar-refractivity contribution is 5.89. The van der Waals surface area contributed by atoms with Gasteiger partial charge in [-0.15, -0.1) is 0 Å². The number of nitrogens with one attached hydrogen (secondary N) is 2. The number of rotatable bonds is 8. The summed E-state index contributed by atoms with van der Waals surface area (Å²) in [5.74, 6) is -0.847. The molecule has 0 aliphatic heterocycles. The lowest BCUT2D eigenvalue weighted by molar-refractivity contribution is -0.145. The van der Waals surface area contributed by atoms with E-state index in [4.69, 9.17) is 9.47 Å². The quantitative estimate of drug-likeness (QED) is 0.664. The molecule has 0 radical (unpaired) electrons. The molecule has 0 unspecified atom stereocenters. The van der Waals surface area contributed by atoms with Gasteiger partial charge in [0.15, 0.2) is 0 Å². The first-order valence-corrected chi connectivity index (χ1v) is 9.43. The van der Waals surface area contributed by atoms with Crippen LogP contribution in [0.3, 0.4) is 0 Å². The Hall–Kier alpha value is -2.57. The van der Waals surface area contributed by atoms with Crippen molar-refractivity contribution in [2.24, 2.45) is 5.92 Å². The van der Waals surface area contributed by atoms with Gasteiger partial charge in [0, 0.05) is 6.42 Å². The van der Waals surface area contributed by atoms with Gasteiger partial charge in [-0.3, -0.25) is 4.79 Å². The van der Waals surface area contributed by atoms with Gasteiger partial charge in [-0.05, 0) is 38.7 Å². The Kier molecular flexibility index (Phi) is 8.96. The fraction of sp³-hybridized carbons (Fsp3) is 0.571. The van der Waals surface area contributed by atoms with Crippen LogP contribution in [0.25, 0.3) is 0 Å². The van der Waals surface area contributed by atoms with Crippen LogP contribution in [0.5, 0.6) is 0 Å². The molecule has 1 aromatic carbocycles. The fourth-order valence-corrected chi connectivity index (χ4v) is 2.61. The number of alkyl carbamates (subject to hydrolysis) is 1. The zero-order valence-corrected chi connectivity index (χ0v) is 17.6. The molecule has 7 heteroatoms. The normalized spacial score (nSPS) is 13.4. The highest BCUT2D eigenvalue weighted by Gasteiger charge is 2.29. The maximum Gasteiger partial charge on any atom is 0.408 e. The number of methoxy groups -OCH3 is 1. The molecule has 1 aromatic rings. The maximum absolute atomic E-state index is 12.8. The van der Waals surface area contributed by atoms with Crippen molar-refractivity contribution in [2.75, 3.05) is 7.11 Å². The molecule has 0 spiro atoms. The van der Waals surface area contributed by atoms with E-state index in [0.717, 1.165) is 5.56 Å². The molecule has 28 heavy (non-hydrogen) atoms. The van der Waals surface area contributed by atoms with Crippen LogP contribution in [-0.4, -0.2) is 42.8 Å². The molecule has 0 saturated heterocycles. The molecule has 1 rings (SSSR count). The monoisotopic (exact) mass is 392 g/mol. The Labute approximate surface area is 167 Å². The minimum atomic E-state index is -0.852. The molecule has 0 aromatic heterocycles. The Morgan fingerprint density at radius 1 is 1.00 bits per heavy atom. The maximum atomic E-state index is 12.8. The van der Waals surface area contributed by atoms with E-state index in [-0.39, 0.29) is 5.92 Å². The zero-order chi connectivity index (χ0) is 21.3. The molecule has 0 aliphatic rings. The number of amides is 2. The first kappa shape index (κ1) is 23.5. The molecular formula is C21H32N2O5. The minimum Gasteiger partial charge on any atom is -0.467 e. The van der Waals surface area contributed by atoms with Crippen LogP contribution in [0.1, 0.15) is 46.6 Å². The van der Waals surface area contributed by atoms with Crippen LogP contribution in [-0.2, 0) is 25.5 Å². The van der Waals surface area contributed by atoms with Crippen LogP contribution in [0.15, 0.2) is 30.3 Å². The van der Waals surface area contributed by atoms with E-state index in [2.05, 4.69) is 10.6 Å². The number of carbonyl (C=O) groups is 3. The van der Waals surface area contributed by atoms with Gasteiger partial charge >= 0.3 is 12.1 Å². The number of hydrogen-bond acceptors (Lipinski definition) is 5. The molecule has 0 heterocycles. The summed E-state index contributed by atoms with van der Waals surface area (Å²) in [6, 6.07) is 7.65. The minimum absolute atomic E-state index is 0.149. The molecule has 2 N–H and O–H groups in total. The largest absolute Gasteiger partial charge is 0.467 e. The van der Waals surface area contributed by atoms with Crippen molar-refractivity contribution in [1.82, 2.24) is 10.6 Å². The van der Waals surface area contributed by atoms with Crippen molar-refractivity contribution in [3.05, 3.63) is 35.9 Å². The Morgan fingerprint density at radius 2 is 1.61 bits per heavy atom. The highest BCUT2D eigenvalue weighted by atomic mass is 16.6. The predicted molar refractivity (Wildman–Crippen MR) is 107 cm³/mol. The Bertz CT molecular complexity index is 653. The SMILES string of the molecule is COC(=O)[C@H](Cc1ccccc1)NC(=O)[C@@H](CC(C)C)NC(=O)OC(C)(C)C. The Morgan fingerprint density at radius 3 is 2.11 bits per heavy atom. The third kappa shape index (κ3) is 8.88. The molecule has 2 amide bonds. The summed E-state index contributed by atoms with van der Waals surface area (Å²) in [7, 11) is 1.27. The summed E-state index contributed by atoms with van der Waals surface area (Å²) in [5.41, 5.74) is 0.212. The summed E-state index contributed by atoms with van der Waals surface area (Å²) in [6.07, 6.45) is 0.0238. The van der Waals surface area contributed by atoms with Crippen LogP contribution in [0.2, 0.25) is 0 Å². The molecule has 0 saturated carbocycles. The average Bonchev–Trinajstić information content (AvgIpc) is 2.58. The van der Waals surface area contributed by atoms with Crippen LogP contribution < -0.4 is 10.6 Å². The van der Waals surface area contributed by atoms with E-state index in [9.17, 15) is 14.4 Å². The Balaban J connectivity index is 2.88. The first-order valence-electron chi connectivity index (χ1n) is 9.43. The van der Waals surface area contributed by atoms with Crippen LogP contribution in [0, 0.1) is 5.92 Å². The summed E-state index contributed by atoms with van der Waals surface area (Å²) in [4.78, 5) is 37.1. The van der Waals surface area contributed by atoms with E-state index in [1.54, 1.807) is 20.8 Å². The number of ether oxygens (including phenoxy) is 2. The van der Waals surface area contributed by atoms with Gasteiger partial charge in [0.25, 0.3) is 0 Å². The van der Waals surface area contributed by atoms with Crippen LogP contribution >= 0.6 is 0 Å². The van der Waals surface area contributed by atoms with E-state index in [1.165, 1.54) is 7.11 Å². The van der Waals surface area contributed by atoms with E-state index in [1.807, 2.05) is 44.2 Å². The van der Waals surface area contributed by atoms with Crippen molar-refractivity contribution in [2.45, 2.75) is 65.1 Å². The van der Waals surface area contributed by atoms with E-state index >= 15 is 0 Å². The van der Waals surface area contributed by atoms with Gasteiger partial charge in [-0.2, -0.15) is 0 Å². The van der Waals surface area contributed by atoms with Gasteiger partial charge in [-0.1, -0.05) is 44.2 Å². The summed E-state index contributed by atoms with van der Waals surface area (Å²) in [6.45, 7) is 9.13. The third-order valence-corrected chi connectivity index (χ3v) is 3.80. The van der Waals surface area contributed by atoms with Gasteiger partial charge < -0.3 is 20.1 Å². The van der Waals surface area contributed by atoms with Gasteiger partial charge in [0.05, 0.1) is 7.11 Å². The summed E-state index contributed by atoms with van der Waals surface area (Å²) < 4.78 is 10.1. The molecule has 0 aliphatic carbocycles. The predicted octanol–water partition coefficient (Wildman–Crippen LogP) is 2.83. The van der Waals surface area contributed by atoms with Gasteiger partial charge in [0.2, 0.25) is 5.91 Å². The second-order valence-electron chi connectivity index (χ2n) is 8.10. The first-order chi connectivity index (χ1) is 13.0. The van der Waals surface area contributed by atoms with Crippen LogP contribution in [0.4, 0.5) is 4.79 Å². The molecule has 7 nitrogen and oxygen atoms in total. The second kappa shape index (κ2) is 10.7. The number of carbonyl (C=O) groups excluding carboxylic acids is 3. The number of hydrogen-bond donors (Lipinski definition) is 2. The van der Waals surface area contributed by atoms with Crippen molar-refractivity contribution >= 4 is 18.0 Å². The van der Waals surface area contributed by atoms with E-state index in [0.29, 0.717) is 12.8 Å². The number of esters is 1. The second-order valence-corrected chi connectivity index (χ2v) is 8.10. The standard InChI is InChI=1S/C21H32N2O5/c1-14(2)12-16(23-20(26)28-21(3,4)5)18(24)22-17(19(25)27-6)13-15-10-8-7-9-11-15/h7-11,14,16-17H,12-13H2,1-6H3,(H,22,24)(H,23,26)/t16-,17+/m1/s1. The topological polar surface area (TPSA) is 93.7 Å². The lowest BCUT2D eigenvalue weighted by Crippen LogP contribution is -2.53. The molecule has 0 fully saturated rings. The molecule has 2 atom stereocenters. The summed E-state index contributed by atoms with van der Waals surface area (Å²) >= 11 is 0. The lowest BCUT2D eigenvalue weighted by Gasteiger charge is -2.25. The lowest BCUT2D eigenvalue weighted by atomic mass is 10.0. The number of benzene rings is 1. The summed E-state index contributed by atoms with van der Waals surface area (Å²) in [5, 5.41) is 5.31. The van der Waals surface area contributed by atoms with Crippen molar-refractivity contribution in [3.63, 3.8) is 0 Å². The van der Waals surface area contributed by atoms with Crippen molar-refractivity contribution in [3.8, 4) is 0 Å².